The van der Waals surface area contributed by atoms with Crippen LogP contribution >= 0.6 is 0 Å². The smallest absolute Gasteiger partial charge is 0.314 e. The maximum Gasteiger partial charge on any atom is 0.314 e. The van der Waals surface area contributed by atoms with Gasteiger partial charge in [-0.05, 0) is 25.8 Å². The van der Waals surface area contributed by atoms with Crippen molar-refractivity contribution in [2.45, 2.75) is 44.4 Å². The van der Waals surface area contributed by atoms with Crippen molar-refractivity contribution in [1.29, 1.82) is 0 Å². The molecule has 0 aromatic heterocycles. The lowest BCUT2D eigenvalue weighted by Crippen LogP contribution is -2.38. The molecule has 0 radical (unpaired) electrons. The number of carbonyl (C=O) groups is 1. The molecule has 1 saturated carbocycles. The molecule has 0 bridgehead atoms. The van der Waals surface area contributed by atoms with Crippen LogP contribution in [0.1, 0.15) is 44.6 Å². The molecule has 0 atom stereocenters. The van der Waals surface area contributed by atoms with E-state index in [9.17, 15) is 14.3 Å². The fourth-order valence-corrected chi connectivity index (χ4v) is 2.89. The van der Waals surface area contributed by atoms with Crippen LogP contribution in [0, 0.1) is 5.82 Å². The van der Waals surface area contributed by atoms with E-state index in [-0.39, 0.29) is 0 Å². The van der Waals surface area contributed by atoms with Gasteiger partial charge in [-0.2, -0.15) is 0 Å². The molecule has 2 rings (SSSR count). The van der Waals surface area contributed by atoms with Crippen LogP contribution in [0.25, 0.3) is 0 Å². The summed E-state index contributed by atoms with van der Waals surface area (Å²) in [6.45, 7) is 2.29. The van der Waals surface area contributed by atoms with Gasteiger partial charge in [0.25, 0.3) is 0 Å². The molecule has 104 valence electrons. The second-order valence-electron chi connectivity index (χ2n) is 5.02. The van der Waals surface area contributed by atoms with E-state index < -0.39 is 17.2 Å². The van der Waals surface area contributed by atoms with E-state index in [4.69, 9.17) is 4.74 Å². The van der Waals surface area contributed by atoms with Gasteiger partial charge < -0.3 is 9.84 Å². The number of carboxylic acid groups (broad SMARTS) is 1. The zero-order chi connectivity index (χ0) is 13.9. The SMILES string of the molecule is CCOc1ccc(C2(C(=O)O)CCCCC2)c(F)c1. The van der Waals surface area contributed by atoms with Crippen LogP contribution in [0.4, 0.5) is 4.39 Å². The number of hydrogen-bond acceptors (Lipinski definition) is 2. The molecule has 1 aromatic carbocycles. The van der Waals surface area contributed by atoms with Crippen molar-refractivity contribution < 1.29 is 19.0 Å². The summed E-state index contributed by atoms with van der Waals surface area (Å²) >= 11 is 0. The fraction of sp³-hybridized carbons (Fsp3) is 0.533. The van der Waals surface area contributed by atoms with Crippen molar-refractivity contribution >= 4 is 5.97 Å². The molecule has 0 amide bonds. The summed E-state index contributed by atoms with van der Waals surface area (Å²) in [5.41, 5.74) is -0.768. The second-order valence-corrected chi connectivity index (χ2v) is 5.02. The largest absolute Gasteiger partial charge is 0.494 e. The number of halogens is 1. The topological polar surface area (TPSA) is 46.5 Å². The first kappa shape index (κ1) is 13.8. The summed E-state index contributed by atoms with van der Waals surface area (Å²) in [7, 11) is 0. The van der Waals surface area contributed by atoms with Gasteiger partial charge in [0.15, 0.2) is 0 Å². The van der Waals surface area contributed by atoms with Crippen LogP contribution in [0.15, 0.2) is 18.2 Å². The molecular weight excluding hydrogens is 247 g/mol. The van der Waals surface area contributed by atoms with Crippen molar-refractivity contribution in [2.24, 2.45) is 0 Å². The molecule has 0 spiro atoms. The average molecular weight is 266 g/mol. The average Bonchev–Trinajstić information content (AvgIpc) is 2.40. The van der Waals surface area contributed by atoms with Crippen LogP contribution in [-0.4, -0.2) is 17.7 Å². The molecular formula is C15H19FO3. The third kappa shape index (κ3) is 2.57. The zero-order valence-electron chi connectivity index (χ0n) is 11.1. The monoisotopic (exact) mass is 266 g/mol. The lowest BCUT2D eigenvalue weighted by atomic mass is 9.69. The Morgan fingerprint density at radius 2 is 2.05 bits per heavy atom. The number of carboxylic acids is 1. The Morgan fingerprint density at radius 3 is 2.58 bits per heavy atom. The summed E-state index contributed by atoms with van der Waals surface area (Å²) in [6.07, 6.45) is 3.70. The van der Waals surface area contributed by atoms with Gasteiger partial charge in [0.1, 0.15) is 11.6 Å². The number of aliphatic carboxylic acids is 1. The molecule has 1 aliphatic carbocycles. The van der Waals surface area contributed by atoms with Gasteiger partial charge in [-0.15, -0.1) is 0 Å². The summed E-state index contributed by atoms with van der Waals surface area (Å²) in [6, 6.07) is 4.51. The van der Waals surface area contributed by atoms with Gasteiger partial charge in [-0.25, -0.2) is 4.39 Å². The minimum Gasteiger partial charge on any atom is -0.494 e. The molecule has 3 nitrogen and oxygen atoms in total. The van der Waals surface area contributed by atoms with Crippen LogP contribution < -0.4 is 4.74 Å². The van der Waals surface area contributed by atoms with Crippen LogP contribution in [0.2, 0.25) is 0 Å². The molecule has 1 aromatic rings. The number of benzene rings is 1. The van der Waals surface area contributed by atoms with Gasteiger partial charge in [0, 0.05) is 11.6 Å². The lowest BCUT2D eigenvalue weighted by molar-refractivity contribution is -0.145. The molecule has 4 heteroatoms. The lowest BCUT2D eigenvalue weighted by Gasteiger charge is -2.33. The maximum atomic E-state index is 14.2. The minimum atomic E-state index is -1.06. The Balaban J connectivity index is 2.39. The second kappa shape index (κ2) is 5.59. The molecule has 0 unspecified atom stereocenters. The third-order valence-electron chi connectivity index (χ3n) is 3.88. The van der Waals surface area contributed by atoms with E-state index >= 15 is 0 Å². The quantitative estimate of drug-likeness (QED) is 0.907. The summed E-state index contributed by atoms with van der Waals surface area (Å²) < 4.78 is 19.5. The Morgan fingerprint density at radius 1 is 1.37 bits per heavy atom. The third-order valence-corrected chi connectivity index (χ3v) is 3.88. The Kier molecular flexibility index (Phi) is 4.08. The Hall–Kier alpha value is -1.58. The van der Waals surface area contributed by atoms with Crippen molar-refractivity contribution in [1.82, 2.24) is 0 Å². The number of ether oxygens (including phenoxy) is 1. The van der Waals surface area contributed by atoms with Crippen molar-refractivity contribution in [3.05, 3.63) is 29.6 Å². The number of hydrogen-bond donors (Lipinski definition) is 1. The van der Waals surface area contributed by atoms with E-state index in [1.54, 1.807) is 12.1 Å². The van der Waals surface area contributed by atoms with Gasteiger partial charge in [-0.1, -0.05) is 25.3 Å². The van der Waals surface area contributed by atoms with Crippen LogP contribution in [-0.2, 0) is 10.2 Å². The van der Waals surface area contributed by atoms with Crippen molar-refractivity contribution in [3.63, 3.8) is 0 Å². The van der Waals surface area contributed by atoms with E-state index in [1.807, 2.05) is 6.92 Å². The van der Waals surface area contributed by atoms with E-state index in [2.05, 4.69) is 0 Å². The predicted molar refractivity (Wildman–Crippen MR) is 70.0 cm³/mol. The first-order chi connectivity index (χ1) is 9.10. The molecule has 1 N–H and O–H groups in total. The highest BCUT2D eigenvalue weighted by Crippen LogP contribution is 2.41. The van der Waals surface area contributed by atoms with E-state index in [1.165, 1.54) is 6.07 Å². The van der Waals surface area contributed by atoms with Gasteiger partial charge in [0.05, 0.1) is 12.0 Å². The van der Waals surface area contributed by atoms with Gasteiger partial charge in [0.2, 0.25) is 0 Å². The van der Waals surface area contributed by atoms with Crippen molar-refractivity contribution in [3.8, 4) is 5.75 Å². The summed E-state index contributed by atoms with van der Waals surface area (Å²) in [5.74, 6) is -0.953. The Bertz CT molecular complexity index is 464. The molecule has 0 heterocycles. The minimum absolute atomic E-state index is 0.295. The molecule has 0 aliphatic heterocycles. The van der Waals surface area contributed by atoms with Crippen LogP contribution in [0.3, 0.4) is 0 Å². The predicted octanol–water partition coefficient (Wildman–Crippen LogP) is 3.51. The number of rotatable bonds is 4. The Labute approximate surface area is 112 Å². The first-order valence-electron chi connectivity index (χ1n) is 6.76. The van der Waals surface area contributed by atoms with E-state index in [0.717, 1.165) is 19.3 Å². The van der Waals surface area contributed by atoms with Crippen LogP contribution in [0.5, 0.6) is 5.75 Å². The fourth-order valence-electron chi connectivity index (χ4n) is 2.89. The summed E-state index contributed by atoms with van der Waals surface area (Å²) in [5, 5.41) is 9.54. The van der Waals surface area contributed by atoms with E-state index in [0.29, 0.717) is 30.8 Å². The van der Waals surface area contributed by atoms with Gasteiger partial charge >= 0.3 is 5.97 Å². The normalized spacial score (nSPS) is 18.0. The zero-order valence-corrected chi connectivity index (χ0v) is 11.1. The highest BCUT2D eigenvalue weighted by molar-refractivity contribution is 5.81. The van der Waals surface area contributed by atoms with Gasteiger partial charge in [-0.3, -0.25) is 4.79 Å². The highest BCUT2D eigenvalue weighted by Gasteiger charge is 2.43. The first-order valence-corrected chi connectivity index (χ1v) is 6.76. The highest BCUT2D eigenvalue weighted by atomic mass is 19.1. The standard InChI is InChI=1S/C15H19FO3/c1-2-19-11-6-7-12(13(16)10-11)15(14(17)18)8-4-3-5-9-15/h6-7,10H,2-5,8-9H2,1H3,(H,17,18). The molecule has 1 fully saturated rings. The summed E-state index contributed by atoms with van der Waals surface area (Å²) in [4.78, 5) is 11.6. The molecule has 19 heavy (non-hydrogen) atoms. The maximum absolute atomic E-state index is 14.2. The molecule has 1 aliphatic rings. The van der Waals surface area contributed by atoms with Crippen molar-refractivity contribution in [2.75, 3.05) is 6.61 Å². The molecule has 0 saturated heterocycles.